The van der Waals surface area contributed by atoms with E-state index in [1.165, 1.54) is 7.11 Å². The highest BCUT2D eigenvalue weighted by atomic mass is 16.7. The smallest absolute Gasteiger partial charge is 0.184 e. The number of fused-ring (bicyclic) bond motifs is 1. The van der Waals surface area contributed by atoms with Crippen LogP contribution in [0.3, 0.4) is 0 Å². The number of methoxy groups -OCH3 is 1. The Hall–Kier alpha value is -1.67. The molecule has 6 atom stereocenters. The summed E-state index contributed by atoms with van der Waals surface area (Å²) in [6, 6.07) is 8.55. The van der Waals surface area contributed by atoms with E-state index in [2.05, 4.69) is 10.0 Å². The molecule has 1 aromatic rings. The topological polar surface area (TPSA) is 106 Å². The Bertz CT molecular complexity index is 551. The van der Waals surface area contributed by atoms with Crippen LogP contribution in [-0.4, -0.2) is 49.5 Å². The Kier molecular flexibility index (Phi) is 4.58. The second kappa shape index (κ2) is 6.62. The van der Waals surface area contributed by atoms with Crippen LogP contribution >= 0.6 is 0 Å². The number of azide groups is 1. The molecule has 0 radical (unpaired) electrons. The van der Waals surface area contributed by atoms with Crippen molar-refractivity contribution >= 4 is 0 Å². The molecule has 0 saturated carbocycles. The average Bonchev–Trinajstić information content (AvgIpc) is 2.58. The Balaban J connectivity index is 1.79. The summed E-state index contributed by atoms with van der Waals surface area (Å²) in [5, 5.41) is 14.0. The molecule has 0 aromatic heterocycles. The molecule has 8 heteroatoms. The van der Waals surface area contributed by atoms with Gasteiger partial charge in [-0.05, 0) is 5.53 Å². The molecule has 0 bridgehead atoms. The van der Waals surface area contributed by atoms with Crippen LogP contribution in [0, 0.1) is 0 Å². The van der Waals surface area contributed by atoms with E-state index in [4.69, 9.17) is 24.5 Å². The molecule has 2 saturated heterocycles. The normalized spacial score (nSPS) is 37.9. The van der Waals surface area contributed by atoms with E-state index in [1.54, 1.807) is 0 Å². The lowest BCUT2D eigenvalue weighted by atomic mass is 9.96. The van der Waals surface area contributed by atoms with Gasteiger partial charge in [0.1, 0.15) is 18.2 Å². The summed E-state index contributed by atoms with van der Waals surface area (Å²) >= 11 is 0. The van der Waals surface area contributed by atoms with Gasteiger partial charge in [-0.25, -0.2) is 0 Å². The van der Waals surface area contributed by atoms with Crippen molar-refractivity contribution in [3.8, 4) is 0 Å². The zero-order valence-electron chi connectivity index (χ0n) is 12.0. The standard InChI is InChI=1S/C14H17N3O5/c1-19-14-10(16-17-15)11(18)12-9(21-14)7-20-13(22-12)8-5-3-2-4-6-8/h2-6,9-14,18H,7H2,1H3/t9-,10+,11-,12-,13-,14+/m1/s1. The van der Waals surface area contributed by atoms with Gasteiger partial charge in [-0.1, -0.05) is 35.4 Å². The number of nitrogens with zero attached hydrogens (tertiary/aromatic N) is 3. The first-order valence-corrected chi connectivity index (χ1v) is 6.97. The van der Waals surface area contributed by atoms with Gasteiger partial charge in [0.05, 0.1) is 12.7 Å². The lowest BCUT2D eigenvalue weighted by Gasteiger charge is -2.46. The maximum atomic E-state index is 10.5. The Labute approximate surface area is 127 Å². The van der Waals surface area contributed by atoms with Crippen molar-refractivity contribution in [3.05, 3.63) is 46.3 Å². The number of benzene rings is 1. The first kappa shape index (κ1) is 15.2. The fraction of sp³-hybridized carbons (Fsp3) is 0.571. The molecule has 0 unspecified atom stereocenters. The van der Waals surface area contributed by atoms with Crippen molar-refractivity contribution in [2.75, 3.05) is 13.7 Å². The molecule has 2 aliphatic rings. The van der Waals surface area contributed by atoms with Gasteiger partial charge >= 0.3 is 0 Å². The van der Waals surface area contributed by atoms with E-state index < -0.39 is 36.9 Å². The first-order valence-electron chi connectivity index (χ1n) is 6.97. The van der Waals surface area contributed by atoms with E-state index in [-0.39, 0.29) is 6.61 Å². The van der Waals surface area contributed by atoms with Crippen molar-refractivity contribution < 1.29 is 24.1 Å². The maximum absolute atomic E-state index is 10.5. The van der Waals surface area contributed by atoms with Crippen LogP contribution in [0.5, 0.6) is 0 Å². The first-order chi connectivity index (χ1) is 10.7. The highest BCUT2D eigenvalue weighted by Crippen LogP contribution is 2.35. The van der Waals surface area contributed by atoms with Crippen LogP contribution in [-0.2, 0) is 18.9 Å². The van der Waals surface area contributed by atoms with Crippen molar-refractivity contribution in [1.82, 2.24) is 0 Å². The summed E-state index contributed by atoms with van der Waals surface area (Å²) in [6.07, 6.45) is -3.58. The number of hydrogen-bond donors (Lipinski definition) is 1. The third-order valence-electron chi connectivity index (χ3n) is 3.82. The van der Waals surface area contributed by atoms with Gasteiger partial charge in [-0.2, -0.15) is 0 Å². The average molecular weight is 307 g/mol. The molecule has 22 heavy (non-hydrogen) atoms. The van der Waals surface area contributed by atoms with Gasteiger partial charge in [0, 0.05) is 17.6 Å². The van der Waals surface area contributed by atoms with Crippen LogP contribution in [0.15, 0.2) is 35.4 Å². The SMILES string of the molecule is CO[C@H]1O[C@@H]2CO[C@@H](c3ccccc3)O[C@H]2[C@H](O)[C@@H]1N=[N+]=[N-]. The predicted molar refractivity (Wildman–Crippen MR) is 74.6 cm³/mol. The molecule has 2 heterocycles. The van der Waals surface area contributed by atoms with Crippen molar-refractivity contribution in [2.45, 2.75) is 36.9 Å². The van der Waals surface area contributed by atoms with Crippen LogP contribution in [0.25, 0.3) is 10.4 Å². The van der Waals surface area contributed by atoms with E-state index >= 15 is 0 Å². The molecule has 2 fully saturated rings. The highest BCUT2D eigenvalue weighted by molar-refractivity contribution is 5.16. The number of aliphatic hydroxyl groups is 1. The van der Waals surface area contributed by atoms with Crippen LogP contribution in [0.4, 0.5) is 0 Å². The van der Waals surface area contributed by atoms with E-state index in [9.17, 15) is 5.11 Å². The molecule has 0 aliphatic carbocycles. The molecule has 3 rings (SSSR count). The summed E-state index contributed by atoms with van der Waals surface area (Å²) in [5.41, 5.74) is 9.50. The molecule has 1 aromatic carbocycles. The number of hydrogen-bond acceptors (Lipinski definition) is 6. The summed E-state index contributed by atoms with van der Waals surface area (Å²) in [4.78, 5) is 2.74. The number of ether oxygens (including phenoxy) is 4. The fourth-order valence-electron chi connectivity index (χ4n) is 2.73. The zero-order valence-corrected chi connectivity index (χ0v) is 12.0. The van der Waals surface area contributed by atoms with Gasteiger partial charge in [-0.15, -0.1) is 0 Å². The minimum absolute atomic E-state index is 0.254. The van der Waals surface area contributed by atoms with Gasteiger partial charge < -0.3 is 24.1 Å². The van der Waals surface area contributed by atoms with E-state index in [1.807, 2.05) is 30.3 Å². The van der Waals surface area contributed by atoms with Crippen molar-refractivity contribution in [1.29, 1.82) is 0 Å². The van der Waals surface area contributed by atoms with Gasteiger partial charge in [0.2, 0.25) is 0 Å². The lowest BCUT2D eigenvalue weighted by molar-refractivity contribution is -0.338. The molecule has 0 spiro atoms. The lowest BCUT2D eigenvalue weighted by Crippen LogP contribution is -2.61. The Morgan fingerprint density at radius 2 is 2.09 bits per heavy atom. The molecule has 1 N–H and O–H groups in total. The number of rotatable bonds is 3. The zero-order chi connectivity index (χ0) is 15.5. The molecular weight excluding hydrogens is 290 g/mol. The summed E-state index contributed by atoms with van der Waals surface area (Å²) in [5.74, 6) is 0. The summed E-state index contributed by atoms with van der Waals surface area (Å²) in [6.45, 7) is 0.254. The van der Waals surface area contributed by atoms with Crippen molar-refractivity contribution in [2.24, 2.45) is 5.11 Å². The molecule has 0 amide bonds. The highest BCUT2D eigenvalue weighted by Gasteiger charge is 2.49. The van der Waals surface area contributed by atoms with Gasteiger partial charge in [0.15, 0.2) is 12.6 Å². The molecule has 2 aliphatic heterocycles. The Morgan fingerprint density at radius 3 is 2.77 bits per heavy atom. The maximum Gasteiger partial charge on any atom is 0.184 e. The monoisotopic (exact) mass is 307 g/mol. The number of aliphatic hydroxyl groups excluding tert-OH is 1. The molecule has 8 nitrogen and oxygen atoms in total. The quantitative estimate of drug-likeness (QED) is 0.517. The van der Waals surface area contributed by atoms with E-state index in [0.717, 1.165) is 5.56 Å². The van der Waals surface area contributed by atoms with E-state index in [0.29, 0.717) is 0 Å². The minimum atomic E-state index is -1.03. The Morgan fingerprint density at radius 1 is 1.32 bits per heavy atom. The van der Waals surface area contributed by atoms with Crippen LogP contribution < -0.4 is 0 Å². The van der Waals surface area contributed by atoms with Crippen molar-refractivity contribution in [3.63, 3.8) is 0 Å². The largest absolute Gasteiger partial charge is 0.390 e. The van der Waals surface area contributed by atoms with Gasteiger partial charge in [-0.3, -0.25) is 0 Å². The minimum Gasteiger partial charge on any atom is -0.390 e. The van der Waals surface area contributed by atoms with Crippen LogP contribution in [0.2, 0.25) is 0 Å². The van der Waals surface area contributed by atoms with Crippen LogP contribution in [0.1, 0.15) is 11.9 Å². The van der Waals surface area contributed by atoms with Gasteiger partial charge in [0.25, 0.3) is 0 Å². The second-order valence-electron chi connectivity index (χ2n) is 5.14. The fourth-order valence-corrected chi connectivity index (χ4v) is 2.73. The summed E-state index contributed by atoms with van der Waals surface area (Å²) in [7, 11) is 1.43. The summed E-state index contributed by atoms with van der Waals surface area (Å²) < 4.78 is 22.3. The predicted octanol–water partition coefficient (Wildman–Crippen LogP) is 1.51. The molecule has 118 valence electrons. The third kappa shape index (κ3) is 2.80. The second-order valence-corrected chi connectivity index (χ2v) is 5.14. The molecular formula is C14H17N3O5. The third-order valence-corrected chi connectivity index (χ3v) is 3.82.